The molecule has 0 aliphatic heterocycles. The topological polar surface area (TPSA) is 87.3 Å². The molecule has 1 aromatic carbocycles. The molecule has 3 rings (SSSR count). The van der Waals surface area contributed by atoms with Crippen LogP contribution in [0.5, 0.6) is 0 Å². The molecule has 0 atom stereocenters. The highest BCUT2D eigenvalue weighted by molar-refractivity contribution is 7.21. The van der Waals surface area contributed by atoms with Crippen molar-refractivity contribution < 1.29 is 14.4 Å². The zero-order chi connectivity index (χ0) is 17.4. The van der Waals surface area contributed by atoms with Crippen LogP contribution in [0.15, 0.2) is 12.1 Å². The fourth-order valence-corrected chi connectivity index (χ4v) is 4.24. The van der Waals surface area contributed by atoms with Gasteiger partial charge in [-0.3, -0.25) is 25.2 Å². The molecule has 1 fully saturated rings. The summed E-state index contributed by atoms with van der Waals surface area (Å²) < 4.78 is 0.639. The number of fused-ring (bicyclic) bond motifs is 1. The number of carbonyl (C=O) groups excluding carboxylic acids is 3. The number of halogens is 3. The largest absolute Gasteiger partial charge is 0.345 e. The molecule has 1 aliphatic rings. The first-order valence-electron chi connectivity index (χ1n) is 6.85. The van der Waals surface area contributed by atoms with E-state index in [0.717, 1.165) is 24.2 Å². The maximum absolute atomic E-state index is 12.2. The number of hydrogen-bond acceptors (Lipinski definition) is 4. The van der Waals surface area contributed by atoms with Gasteiger partial charge in [0, 0.05) is 21.2 Å². The highest BCUT2D eigenvalue weighted by Gasteiger charge is 2.27. The molecule has 1 aromatic heterocycles. The lowest BCUT2D eigenvalue weighted by Gasteiger charge is -2.06. The van der Waals surface area contributed by atoms with E-state index in [1.165, 1.54) is 6.07 Å². The third-order valence-electron chi connectivity index (χ3n) is 3.26. The number of amides is 3. The zero-order valence-electron chi connectivity index (χ0n) is 11.9. The SMILES string of the molecule is O=C(NNC(=O)c1sc2cc(Cl)cc(Cl)c2c1Cl)C(=O)NC1CC1. The molecule has 1 saturated carbocycles. The van der Waals surface area contributed by atoms with Crippen LogP contribution >= 0.6 is 46.1 Å². The second-order valence-corrected chi connectivity index (χ2v) is 7.44. The minimum Gasteiger partial charge on any atom is -0.345 e. The fraction of sp³-hybridized carbons (Fsp3) is 0.214. The summed E-state index contributed by atoms with van der Waals surface area (Å²) in [5.41, 5.74) is 4.21. The normalized spacial score (nSPS) is 13.6. The molecular formula is C14H10Cl3N3O3S. The van der Waals surface area contributed by atoms with E-state index in [0.29, 0.717) is 20.1 Å². The quantitative estimate of drug-likeness (QED) is 0.529. The van der Waals surface area contributed by atoms with Gasteiger partial charge in [-0.15, -0.1) is 11.3 Å². The number of thiophene rings is 1. The molecule has 0 unspecified atom stereocenters. The van der Waals surface area contributed by atoms with Crippen molar-refractivity contribution in [1.82, 2.24) is 16.2 Å². The van der Waals surface area contributed by atoms with Gasteiger partial charge in [-0.1, -0.05) is 34.8 Å². The Kier molecular flexibility index (Phi) is 4.87. The Bertz CT molecular complexity index is 864. The number of nitrogens with one attached hydrogen (secondary N) is 3. The van der Waals surface area contributed by atoms with E-state index in [1.807, 2.05) is 5.43 Å². The summed E-state index contributed by atoms with van der Waals surface area (Å²) in [7, 11) is 0. The van der Waals surface area contributed by atoms with E-state index >= 15 is 0 Å². The van der Waals surface area contributed by atoms with E-state index in [4.69, 9.17) is 34.8 Å². The molecule has 0 spiro atoms. The molecule has 24 heavy (non-hydrogen) atoms. The molecular weight excluding hydrogens is 397 g/mol. The van der Waals surface area contributed by atoms with Crippen LogP contribution in [0, 0.1) is 0 Å². The lowest BCUT2D eigenvalue weighted by atomic mass is 10.2. The molecule has 3 N–H and O–H groups in total. The maximum Gasteiger partial charge on any atom is 0.327 e. The summed E-state index contributed by atoms with van der Waals surface area (Å²) in [6, 6.07) is 3.20. The summed E-state index contributed by atoms with van der Waals surface area (Å²) in [5, 5.41) is 3.92. The van der Waals surface area contributed by atoms with Gasteiger partial charge < -0.3 is 5.32 Å². The van der Waals surface area contributed by atoms with Crippen LogP contribution in [-0.2, 0) is 9.59 Å². The maximum atomic E-state index is 12.2. The second-order valence-electron chi connectivity index (χ2n) is 5.16. The molecule has 126 valence electrons. The predicted molar refractivity (Wildman–Crippen MR) is 93.6 cm³/mol. The minimum absolute atomic E-state index is 0.0443. The van der Waals surface area contributed by atoms with Crippen LogP contribution in [0.25, 0.3) is 10.1 Å². The average molecular weight is 407 g/mol. The molecule has 1 aliphatic carbocycles. The van der Waals surface area contributed by atoms with Gasteiger partial charge in [-0.25, -0.2) is 0 Å². The first kappa shape index (κ1) is 17.3. The highest BCUT2D eigenvalue weighted by atomic mass is 35.5. The smallest absolute Gasteiger partial charge is 0.327 e. The standard InChI is InChI=1S/C14H10Cl3N3O3S/c15-5-3-7(16)9-8(4-5)24-11(10(9)17)12(21)19-20-14(23)13(22)18-6-1-2-6/h3-4,6H,1-2H2,(H,18,22)(H,19,21)(H,20,23). The van der Waals surface area contributed by atoms with Gasteiger partial charge in [0.05, 0.1) is 10.0 Å². The predicted octanol–water partition coefficient (Wildman–Crippen LogP) is 2.90. The number of hydrazine groups is 1. The number of carbonyl (C=O) groups is 3. The van der Waals surface area contributed by atoms with E-state index in [1.54, 1.807) is 6.07 Å². The first-order chi connectivity index (χ1) is 11.4. The third kappa shape index (κ3) is 3.59. The first-order valence-corrected chi connectivity index (χ1v) is 8.80. The Morgan fingerprint density at radius 1 is 1.04 bits per heavy atom. The van der Waals surface area contributed by atoms with Gasteiger partial charge in [-0.05, 0) is 25.0 Å². The Labute approximate surface area is 155 Å². The van der Waals surface area contributed by atoms with E-state index in [-0.39, 0.29) is 15.9 Å². The lowest BCUT2D eigenvalue weighted by Crippen LogP contribution is -2.48. The molecule has 1 heterocycles. The van der Waals surface area contributed by atoms with Gasteiger partial charge in [0.25, 0.3) is 5.91 Å². The Balaban J connectivity index is 1.72. The van der Waals surface area contributed by atoms with Crippen LogP contribution in [-0.4, -0.2) is 23.8 Å². The van der Waals surface area contributed by atoms with Crippen molar-refractivity contribution in [2.45, 2.75) is 18.9 Å². The molecule has 0 bridgehead atoms. The Morgan fingerprint density at radius 2 is 1.75 bits per heavy atom. The molecule has 0 saturated heterocycles. The van der Waals surface area contributed by atoms with Crippen molar-refractivity contribution in [3.63, 3.8) is 0 Å². The summed E-state index contributed by atoms with van der Waals surface area (Å²) in [6.45, 7) is 0. The van der Waals surface area contributed by atoms with Gasteiger partial charge >= 0.3 is 11.8 Å². The number of rotatable bonds is 2. The van der Waals surface area contributed by atoms with Crippen LogP contribution < -0.4 is 16.2 Å². The zero-order valence-corrected chi connectivity index (χ0v) is 15.0. The molecule has 10 heteroatoms. The number of hydrogen-bond donors (Lipinski definition) is 3. The third-order valence-corrected chi connectivity index (χ3v) is 5.41. The van der Waals surface area contributed by atoms with Crippen LogP contribution in [0.1, 0.15) is 22.5 Å². The minimum atomic E-state index is -0.950. The van der Waals surface area contributed by atoms with Gasteiger partial charge in [0.1, 0.15) is 4.88 Å². The van der Waals surface area contributed by atoms with Crippen molar-refractivity contribution in [2.75, 3.05) is 0 Å². The monoisotopic (exact) mass is 405 g/mol. The lowest BCUT2D eigenvalue weighted by molar-refractivity contribution is -0.139. The van der Waals surface area contributed by atoms with Crippen LogP contribution in [0.2, 0.25) is 15.1 Å². The summed E-state index contributed by atoms with van der Waals surface area (Å²) >= 11 is 19.3. The highest BCUT2D eigenvalue weighted by Crippen LogP contribution is 2.41. The summed E-state index contributed by atoms with van der Waals surface area (Å²) in [5.74, 6) is -2.40. The van der Waals surface area contributed by atoms with E-state index in [9.17, 15) is 14.4 Å². The summed E-state index contributed by atoms with van der Waals surface area (Å²) in [6.07, 6.45) is 1.71. The molecule has 2 aromatic rings. The Morgan fingerprint density at radius 3 is 2.42 bits per heavy atom. The van der Waals surface area contributed by atoms with Crippen molar-refractivity contribution in [1.29, 1.82) is 0 Å². The van der Waals surface area contributed by atoms with Crippen LogP contribution in [0.4, 0.5) is 0 Å². The van der Waals surface area contributed by atoms with Gasteiger partial charge in [-0.2, -0.15) is 0 Å². The Hall–Kier alpha value is -1.54. The van der Waals surface area contributed by atoms with Gasteiger partial charge in [0.15, 0.2) is 0 Å². The molecule has 6 nitrogen and oxygen atoms in total. The van der Waals surface area contributed by atoms with Crippen molar-refractivity contribution in [2.24, 2.45) is 0 Å². The molecule has 0 radical (unpaired) electrons. The number of benzene rings is 1. The fourth-order valence-electron chi connectivity index (χ4n) is 1.96. The van der Waals surface area contributed by atoms with E-state index in [2.05, 4.69) is 10.7 Å². The summed E-state index contributed by atoms with van der Waals surface area (Å²) in [4.78, 5) is 35.4. The average Bonchev–Trinajstić information content (AvgIpc) is 3.26. The van der Waals surface area contributed by atoms with Crippen molar-refractivity contribution >= 4 is 73.9 Å². The second kappa shape index (κ2) is 6.76. The van der Waals surface area contributed by atoms with E-state index < -0.39 is 17.7 Å². The van der Waals surface area contributed by atoms with Crippen molar-refractivity contribution in [3.05, 3.63) is 32.1 Å². The van der Waals surface area contributed by atoms with Crippen molar-refractivity contribution in [3.8, 4) is 0 Å². The molecule has 3 amide bonds. The van der Waals surface area contributed by atoms with Crippen LogP contribution in [0.3, 0.4) is 0 Å². The van der Waals surface area contributed by atoms with Gasteiger partial charge in [0.2, 0.25) is 0 Å².